The molecule has 2 atom stereocenters. The lowest BCUT2D eigenvalue weighted by molar-refractivity contribution is 0.0535. The predicted molar refractivity (Wildman–Crippen MR) is 146 cm³/mol. The highest BCUT2D eigenvalue weighted by molar-refractivity contribution is 5.69. The van der Waals surface area contributed by atoms with Crippen molar-refractivity contribution < 1.29 is 19.4 Å². The van der Waals surface area contributed by atoms with Gasteiger partial charge in [0, 0.05) is 49.8 Å². The number of ether oxygens (including phenoxy) is 2. The Kier molecular flexibility index (Phi) is 7.36. The second-order valence-electron chi connectivity index (χ2n) is 10.4. The Bertz CT molecular complexity index is 1410. The van der Waals surface area contributed by atoms with E-state index in [4.69, 9.17) is 9.47 Å². The molecule has 39 heavy (non-hydrogen) atoms. The van der Waals surface area contributed by atoms with Crippen molar-refractivity contribution in [2.45, 2.75) is 38.9 Å². The molecule has 1 fully saturated rings. The molecule has 2 unspecified atom stereocenters. The van der Waals surface area contributed by atoms with Gasteiger partial charge in [-0.25, -0.2) is 14.8 Å². The summed E-state index contributed by atoms with van der Waals surface area (Å²) in [5.41, 5.74) is 0.599. The summed E-state index contributed by atoms with van der Waals surface area (Å²) in [6, 6.07) is 10.7. The molecule has 1 aromatic carbocycles. The number of hydrogen-bond donors (Lipinski definition) is 3. The number of phenols is 1. The summed E-state index contributed by atoms with van der Waals surface area (Å²) in [7, 11) is 0. The molecule has 3 aromatic rings. The Hall–Kier alpha value is -4.59. The van der Waals surface area contributed by atoms with E-state index in [0.717, 1.165) is 25.3 Å². The second-order valence-corrected chi connectivity index (χ2v) is 10.4. The Morgan fingerprint density at radius 1 is 1.28 bits per heavy atom. The molecule has 0 saturated carbocycles. The van der Waals surface area contributed by atoms with E-state index in [2.05, 4.69) is 47.5 Å². The summed E-state index contributed by atoms with van der Waals surface area (Å²) in [5.74, 6) is 8.50. The number of fused-ring (bicyclic) bond motifs is 2. The molecule has 1 saturated heterocycles. The third-order valence-electron chi connectivity index (χ3n) is 6.30. The topological polar surface area (TPSA) is 135 Å². The van der Waals surface area contributed by atoms with Crippen LogP contribution in [0.4, 0.5) is 16.4 Å². The maximum absolute atomic E-state index is 11.8. The lowest BCUT2D eigenvalue weighted by Gasteiger charge is -2.37. The Morgan fingerprint density at radius 2 is 2.13 bits per heavy atom. The molecule has 4 heterocycles. The summed E-state index contributed by atoms with van der Waals surface area (Å²) >= 11 is 0. The van der Waals surface area contributed by atoms with Gasteiger partial charge in [0.05, 0.1) is 6.54 Å². The average Bonchev–Trinajstić information content (AvgIpc) is 3.09. The van der Waals surface area contributed by atoms with Gasteiger partial charge in [0.1, 0.15) is 29.0 Å². The van der Waals surface area contributed by atoms with Crippen molar-refractivity contribution >= 4 is 17.7 Å². The molecule has 0 aliphatic carbocycles. The largest absolute Gasteiger partial charge is 0.507 e. The van der Waals surface area contributed by atoms with Crippen molar-refractivity contribution in [1.29, 1.82) is 0 Å². The number of rotatable bonds is 3. The maximum Gasteiger partial charge on any atom is 0.408 e. The van der Waals surface area contributed by atoms with Gasteiger partial charge < -0.3 is 30.1 Å². The molecule has 2 aromatic heterocycles. The van der Waals surface area contributed by atoms with Gasteiger partial charge in [-0.2, -0.15) is 0 Å². The Morgan fingerprint density at radius 3 is 2.95 bits per heavy atom. The first kappa shape index (κ1) is 26.0. The number of nitrogens with one attached hydrogen (secondary N) is 2. The van der Waals surface area contributed by atoms with Crippen LogP contribution in [0.25, 0.3) is 11.3 Å². The molecule has 1 amide bonds. The monoisotopic (exact) mass is 529 g/mol. The number of aromatic hydroxyl groups is 1. The molecule has 11 heteroatoms. The van der Waals surface area contributed by atoms with Crippen molar-refractivity contribution in [2.75, 3.05) is 36.4 Å². The van der Waals surface area contributed by atoms with E-state index in [9.17, 15) is 9.90 Å². The lowest BCUT2D eigenvalue weighted by atomic mass is 9.94. The van der Waals surface area contributed by atoms with Gasteiger partial charge in [-0.3, -0.25) is 0 Å². The first-order valence-electron chi connectivity index (χ1n) is 12.9. The fraction of sp³-hybridized carbons (Fsp3) is 0.393. The lowest BCUT2D eigenvalue weighted by Crippen LogP contribution is -2.47. The quantitative estimate of drug-likeness (QED) is 0.434. The summed E-state index contributed by atoms with van der Waals surface area (Å²) in [6.07, 6.45) is 1.96. The Labute approximate surface area is 227 Å². The van der Waals surface area contributed by atoms with E-state index in [1.165, 1.54) is 0 Å². The predicted octanol–water partition coefficient (Wildman–Crippen LogP) is 3.21. The number of amides is 1. The number of piperidine rings is 1. The van der Waals surface area contributed by atoms with Crippen molar-refractivity contribution in [2.24, 2.45) is 5.92 Å². The number of para-hydroxylation sites is 1. The third-order valence-corrected chi connectivity index (χ3v) is 6.30. The third kappa shape index (κ3) is 6.46. The molecule has 0 spiro atoms. The number of carbonyl (C=O) groups is 1. The highest BCUT2D eigenvalue weighted by atomic mass is 16.6. The SMILES string of the molecule is CC(C)(C)OC(=O)NCC#Cc1nccc(N2CCC3Oc4cc(-c5ccccc5O)nnc4NCC3C2)n1. The normalized spacial score (nSPS) is 18.2. The minimum Gasteiger partial charge on any atom is -0.507 e. The fourth-order valence-corrected chi connectivity index (χ4v) is 4.51. The minimum atomic E-state index is -0.564. The van der Waals surface area contributed by atoms with Crippen LogP contribution in [-0.4, -0.2) is 69.2 Å². The highest BCUT2D eigenvalue weighted by Crippen LogP contribution is 2.36. The molecule has 2 aliphatic rings. The van der Waals surface area contributed by atoms with Crippen molar-refractivity contribution in [3.8, 4) is 34.6 Å². The van der Waals surface area contributed by atoms with Crippen LogP contribution in [0.1, 0.15) is 33.0 Å². The molecule has 202 valence electrons. The zero-order chi connectivity index (χ0) is 27.4. The van der Waals surface area contributed by atoms with Crippen LogP contribution in [-0.2, 0) is 4.74 Å². The number of benzene rings is 1. The van der Waals surface area contributed by atoms with Gasteiger partial charge in [0.15, 0.2) is 11.6 Å². The standard InChI is InChI=1S/C28H31N7O4/c1-28(2,3)39-27(37)30-12-6-9-24-29-13-10-25(32-24)35-14-11-22-18(17-35)16-31-26-23(38-22)15-20(33-34-26)19-7-4-5-8-21(19)36/h4-5,7-8,10,13,15,18,22,36H,11-12,14,16-17H2,1-3H3,(H,30,37)(H,31,34). The van der Waals surface area contributed by atoms with Gasteiger partial charge in [-0.05, 0) is 44.9 Å². The van der Waals surface area contributed by atoms with Crippen LogP contribution in [0.2, 0.25) is 0 Å². The number of phenolic OH excluding ortho intramolecular Hbond substituents is 1. The fourth-order valence-electron chi connectivity index (χ4n) is 4.51. The summed E-state index contributed by atoms with van der Waals surface area (Å²) < 4.78 is 11.6. The number of hydrogen-bond acceptors (Lipinski definition) is 10. The van der Waals surface area contributed by atoms with Gasteiger partial charge in [-0.15, -0.1) is 10.2 Å². The van der Waals surface area contributed by atoms with E-state index >= 15 is 0 Å². The molecule has 0 bridgehead atoms. The van der Waals surface area contributed by atoms with Crippen LogP contribution < -0.4 is 20.3 Å². The highest BCUT2D eigenvalue weighted by Gasteiger charge is 2.34. The number of alkyl carbamates (subject to hydrolysis) is 1. The van der Waals surface area contributed by atoms with Crippen LogP contribution in [0, 0.1) is 17.8 Å². The van der Waals surface area contributed by atoms with Gasteiger partial charge in [-0.1, -0.05) is 18.1 Å². The summed E-state index contributed by atoms with van der Waals surface area (Å²) in [5, 5.41) is 24.8. The second kappa shape index (κ2) is 11.0. The van der Waals surface area contributed by atoms with E-state index in [1.54, 1.807) is 45.2 Å². The maximum atomic E-state index is 11.8. The number of aromatic nitrogens is 4. The zero-order valence-electron chi connectivity index (χ0n) is 22.1. The van der Waals surface area contributed by atoms with Gasteiger partial charge >= 0.3 is 6.09 Å². The Balaban J connectivity index is 1.22. The van der Waals surface area contributed by atoms with E-state index in [-0.39, 0.29) is 24.3 Å². The first-order valence-corrected chi connectivity index (χ1v) is 12.9. The molecular weight excluding hydrogens is 498 g/mol. The average molecular weight is 530 g/mol. The zero-order valence-corrected chi connectivity index (χ0v) is 22.1. The van der Waals surface area contributed by atoms with Crippen LogP contribution in [0.5, 0.6) is 11.5 Å². The number of anilines is 2. The minimum absolute atomic E-state index is 0.00329. The van der Waals surface area contributed by atoms with Crippen LogP contribution >= 0.6 is 0 Å². The molecular formula is C28H31N7O4. The van der Waals surface area contributed by atoms with Crippen LogP contribution in [0.3, 0.4) is 0 Å². The summed E-state index contributed by atoms with van der Waals surface area (Å²) in [6.45, 7) is 7.71. The van der Waals surface area contributed by atoms with Gasteiger partial charge in [0.2, 0.25) is 5.82 Å². The first-order chi connectivity index (χ1) is 18.7. The summed E-state index contributed by atoms with van der Waals surface area (Å²) in [4.78, 5) is 22.8. The molecule has 11 nitrogen and oxygen atoms in total. The molecule has 5 rings (SSSR count). The molecule has 0 radical (unpaired) electrons. The van der Waals surface area contributed by atoms with Crippen molar-refractivity contribution in [1.82, 2.24) is 25.5 Å². The number of carbonyl (C=O) groups excluding carboxylic acids is 1. The van der Waals surface area contributed by atoms with E-state index in [1.807, 2.05) is 18.2 Å². The molecule has 3 N–H and O–H groups in total. The van der Waals surface area contributed by atoms with E-state index in [0.29, 0.717) is 35.2 Å². The smallest absolute Gasteiger partial charge is 0.408 e. The van der Waals surface area contributed by atoms with Crippen molar-refractivity contribution in [3.05, 3.63) is 48.4 Å². The van der Waals surface area contributed by atoms with Crippen LogP contribution in [0.15, 0.2) is 42.6 Å². The van der Waals surface area contributed by atoms with Gasteiger partial charge in [0.25, 0.3) is 0 Å². The molecule has 2 aliphatic heterocycles. The van der Waals surface area contributed by atoms with E-state index < -0.39 is 11.7 Å². The van der Waals surface area contributed by atoms with Crippen molar-refractivity contribution in [3.63, 3.8) is 0 Å². The number of nitrogens with zero attached hydrogens (tertiary/aromatic N) is 5.